The number of nitrogens with two attached hydrogens (primary N) is 1. The van der Waals surface area contributed by atoms with Crippen molar-refractivity contribution in [2.45, 2.75) is 18.9 Å². The normalized spacial score (nSPS) is 14.8. The molecular formula is C22H24N8O. The largest absolute Gasteiger partial charge is 0.366 e. The molecule has 1 saturated heterocycles. The lowest BCUT2D eigenvalue weighted by molar-refractivity contribution is -0.130. The molecule has 1 aliphatic heterocycles. The molecule has 1 aromatic carbocycles. The molecule has 0 unspecified atom stereocenters. The van der Waals surface area contributed by atoms with Crippen molar-refractivity contribution in [1.82, 2.24) is 24.8 Å². The van der Waals surface area contributed by atoms with Crippen LogP contribution < -0.4 is 16.4 Å². The van der Waals surface area contributed by atoms with Crippen LogP contribution in [0.5, 0.6) is 0 Å². The van der Waals surface area contributed by atoms with Crippen molar-refractivity contribution in [3.63, 3.8) is 0 Å². The van der Waals surface area contributed by atoms with E-state index in [9.17, 15) is 4.79 Å². The summed E-state index contributed by atoms with van der Waals surface area (Å²) in [6, 6.07) is 12.1. The highest BCUT2D eigenvalue weighted by Crippen LogP contribution is 2.27. The molecule has 1 aliphatic rings. The number of likely N-dealkylation sites (tertiary alicyclic amines) is 1. The summed E-state index contributed by atoms with van der Waals surface area (Å²) in [5, 5.41) is 8.86. The first-order valence-corrected chi connectivity index (χ1v) is 10.4. The van der Waals surface area contributed by atoms with E-state index >= 15 is 0 Å². The zero-order valence-corrected chi connectivity index (χ0v) is 17.0. The SMILES string of the molecule is NCC(=O)N1CCC(Nc2nc(Nc3cccc4cccnc34)nc3[nH]ccc23)CC1. The number of fused-ring (bicyclic) bond motifs is 2. The first-order valence-electron chi connectivity index (χ1n) is 10.4. The molecule has 0 bridgehead atoms. The van der Waals surface area contributed by atoms with Gasteiger partial charge in [0, 0.05) is 36.9 Å². The van der Waals surface area contributed by atoms with Crippen LogP contribution in [-0.2, 0) is 4.79 Å². The second-order valence-electron chi connectivity index (χ2n) is 7.64. The molecule has 31 heavy (non-hydrogen) atoms. The minimum Gasteiger partial charge on any atom is -0.366 e. The molecule has 1 fully saturated rings. The highest BCUT2D eigenvalue weighted by molar-refractivity contribution is 5.93. The minimum atomic E-state index is 0.00342. The molecule has 4 aromatic rings. The third-order valence-corrected chi connectivity index (χ3v) is 5.66. The average molecular weight is 416 g/mol. The van der Waals surface area contributed by atoms with E-state index in [1.165, 1.54) is 0 Å². The second-order valence-corrected chi connectivity index (χ2v) is 7.64. The number of hydrogen-bond acceptors (Lipinski definition) is 7. The van der Waals surface area contributed by atoms with Gasteiger partial charge in [0.05, 0.1) is 23.1 Å². The molecule has 4 heterocycles. The zero-order valence-electron chi connectivity index (χ0n) is 17.0. The maximum absolute atomic E-state index is 11.8. The van der Waals surface area contributed by atoms with Gasteiger partial charge in [0.15, 0.2) is 0 Å². The number of anilines is 3. The summed E-state index contributed by atoms with van der Waals surface area (Å²) in [7, 11) is 0. The number of amides is 1. The highest BCUT2D eigenvalue weighted by atomic mass is 16.2. The van der Waals surface area contributed by atoms with Crippen LogP contribution in [0.25, 0.3) is 21.9 Å². The Morgan fingerprint density at radius 2 is 2.00 bits per heavy atom. The summed E-state index contributed by atoms with van der Waals surface area (Å²) < 4.78 is 0. The molecule has 5 rings (SSSR count). The Hall–Kier alpha value is -3.72. The molecule has 0 saturated carbocycles. The van der Waals surface area contributed by atoms with Gasteiger partial charge >= 0.3 is 0 Å². The lowest BCUT2D eigenvalue weighted by Crippen LogP contribution is -2.44. The van der Waals surface area contributed by atoms with E-state index in [0.717, 1.165) is 46.3 Å². The molecule has 9 nitrogen and oxygen atoms in total. The third kappa shape index (κ3) is 3.87. The van der Waals surface area contributed by atoms with Crippen LogP contribution in [-0.4, -0.2) is 56.4 Å². The molecule has 0 spiro atoms. The summed E-state index contributed by atoms with van der Waals surface area (Å²) in [5.74, 6) is 1.26. The number of pyridine rings is 1. The number of nitrogens with zero attached hydrogens (tertiary/aromatic N) is 4. The van der Waals surface area contributed by atoms with E-state index < -0.39 is 0 Å². The summed E-state index contributed by atoms with van der Waals surface area (Å²) in [4.78, 5) is 30.7. The van der Waals surface area contributed by atoms with E-state index in [1.54, 1.807) is 6.20 Å². The van der Waals surface area contributed by atoms with Crippen molar-refractivity contribution in [2.24, 2.45) is 5.73 Å². The Bertz CT molecular complexity index is 1220. The van der Waals surface area contributed by atoms with Crippen molar-refractivity contribution in [2.75, 3.05) is 30.3 Å². The quantitative estimate of drug-likeness (QED) is 0.394. The number of H-pyrrole nitrogens is 1. The van der Waals surface area contributed by atoms with Gasteiger partial charge in [0.2, 0.25) is 11.9 Å². The van der Waals surface area contributed by atoms with Gasteiger partial charge in [-0.15, -0.1) is 0 Å². The molecular weight excluding hydrogens is 392 g/mol. The van der Waals surface area contributed by atoms with Crippen LogP contribution in [0, 0.1) is 0 Å². The molecule has 158 valence electrons. The molecule has 1 amide bonds. The van der Waals surface area contributed by atoms with Gasteiger partial charge in [0.1, 0.15) is 11.5 Å². The van der Waals surface area contributed by atoms with Crippen molar-refractivity contribution >= 4 is 45.3 Å². The predicted octanol–water partition coefficient (Wildman–Crippen LogP) is 2.61. The van der Waals surface area contributed by atoms with Gasteiger partial charge in [-0.3, -0.25) is 9.78 Å². The van der Waals surface area contributed by atoms with E-state index in [-0.39, 0.29) is 18.5 Å². The van der Waals surface area contributed by atoms with Gasteiger partial charge in [-0.25, -0.2) is 0 Å². The fourth-order valence-corrected chi connectivity index (χ4v) is 4.03. The summed E-state index contributed by atoms with van der Waals surface area (Å²) in [6.45, 7) is 1.45. The molecule has 9 heteroatoms. The van der Waals surface area contributed by atoms with Gasteiger partial charge in [-0.1, -0.05) is 18.2 Å². The molecule has 0 atom stereocenters. The number of carbonyl (C=O) groups excluding carboxylic acids is 1. The van der Waals surface area contributed by atoms with Crippen molar-refractivity contribution < 1.29 is 4.79 Å². The highest BCUT2D eigenvalue weighted by Gasteiger charge is 2.23. The van der Waals surface area contributed by atoms with Crippen LogP contribution >= 0.6 is 0 Å². The van der Waals surface area contributed by atoms with Crippen LogP contribution in [0.1, 0.15) is 12.8 Å². The monoisotopic (exact) mass is 416 g/mol. The Balaban J connectivity index is 1.40. The maximum Gasteiger partial charge on any atom is 0.236 e. The van der Waals surface area contributed by atoms with Crippen LogP contribution in [0.15, 0.2) is 48.8 Å². The number of benzene rings is 1. The molecule has 5 N–H and O–H groups in total. The summed E-state index contributed by atoms with van der Waals surface area (Å²) in [6.07, 6.45) is 5.32. The van der Waals surface area contributed by atoms with Crippen molar-refractivity contribution in [3.05, 3.63) is 48.8 Å². The first kappa shape index (κ1) is 19.3. The van der Waals surface area contributed by atoms with Gasteiger partial charge < -0.3 is 26.3 Å². The number of carbonyl (C=O) groups is 1. The Morgan fingerprint density at radius 3 is 2.84 bits per heavy atom. The van der Waals surface area contributed by atoms with Crippen molar-refractivity contribution in [3.8, 4) is 0 Å². The van der Waals surface area contributed by atoms with Crippen LogP contribution in [0.3, 0.4) is 0 Å². The molecule has 3 aromatic heterocycles. The Kier molecular flexibility index (Phi) is 5.09. The third-order valence-electron chi connectivity index (χ3n) is 5.66. The predicted molar refractivity (Wildman–Crippen MR) is 121 cm³/mol. The van der Waals surface area contributed by atoms with E-state index in [2.05, 4.69) is 25.6 Å². The molecule has 0 radical (unpaired) electrons. The van der Waals surface area contributed by atoms with Gasteiger partial charge in [0.25, 0.3) is 0 Å². The Labute approximate surface area is 179 Å². The van der Waals surface area contributed by atoms with Gasteiger partial charge in [-0.05, 0) is 31.0 Å². The summed E-state index contributed by atoms with van der Waals surface area (Å²) in [5.41, 5.74) is 7.96. The number of hydrogen-bond donors (Lipinski definition) is 4. The summed E-state index contributed by atoms with van der Waals surface area (Å²) >= 11 is 0. The van der Waals surface area contributed by atoms with Crippen molar-refractivity contribution in [1.29, 1.82) is 0 Å². The minimum absolute atomic E-state index is 0.00342. The Morgan fingerprint density at radius 1 is 1.16 bits per heavy atom. The van der Waals surface area contributed by atoms with Crippen LogP contribution in [0.2, 0.25) is 0 Å². The fraction of sp³-hybridized carbons (Fsp3) is 0.273. The number of nitrogens with one attached hydrogen (secondary N) is 3. The number of aromatic nitrogens is 4. The number of piperidine rings is 1. The maximum atomic E-state index is 11.8. The van der Waals surface area contributed by atoms with E-state index in [1.807, 2.05) is 47.5 Å². The lowest BCUT2D eigenvalue weighted by atomic mass is 10.0. The lowest BCUT2D eigenvalue weighted by Gasteiger charge is -2.32. The topological polar surface area (TPSA) is 125 Å². The van der Waals surface area contributed by atoms with E-state index in [4.69, 9.17) is 10.7 Å². The molecule has 0 aliphatic carbocycles. The first-order chi connectivity index (χ1) is 15.2. The standard InChI is InChI=1S/C22H24N8O/c23-13-18(31)30-11-7-15(8-12-30)26-21-16-6-10-25-20(16)28-22(29-21)27-17-5-1-3-14-4-2-9-24-19(14)17/h1-6,9-10,15H,7-8,11-13,23H2,(H3,25,26,27,28,29). The number of aromatic amines is 1. The number of para-hydroxylation sites is 1. The smallest absolute Gasteiger partial charge is 0.236 e. The number of rotatable bonds is 5. The average Bonchev–Trinajstić information content (AvgIpc) is 3.28. The fourth-order valence-electron chi connectivity index (χ4n) is 4.03. The zero-order chi connectivity index (χ0) is 21.2. The van der Waals surface area contributed by atoms with Crippen LogP contribution in [0.4, 0.5) is 17.5 Å². The van der Waals surface area contributed by atoms with E-state index in [0.29, 0.717) is 19.0 Å². The second kappa shape index (κ2) is 8.19. The van der Waals surface area contributed by atoms with Gasteiger partial charge in [-0.2, -0.15) is 9.97 Å².